The van der Waals surface area contributed by atoms with Crippen LogP contribution in [0.25, 0.3) is 10.4 Å². The Morgan fingerprint density at radius 3 is 2.83 bits per heavy atom. The predicted octanol–water partition coefficient (Wildman–Crippen LogP) is 2.90. The van der Waals surface area contributed by atoms with E-state index in [1.807, 2.05) is 6.92 Å². The summed E-state index contributed by atoms with van der Waals surface area (Å²) in [5.74, 6) is 0.164. The molecule has 0 unspecified atom stereocenters. The number of phenolic OH excluding ortho intramolecular Hbond substituents is 1. The van der Waals surface area contributed by atoms with E-state index in [2.05, 4.69) is 4.98 Å². The average molecular weight is 263 g/mol. The number of aryl methyl sites for hydroxylation is 1. The number of rotatable bonds is 4. The third-order valence-corrected chi connectivity index (χ3v) is 3.78. The summed E-state index contributed by atoms with van der Waals surface area (Å²) < 4.78 is 5.06. The molecule has 0 aliphatic carbocycles. The molecule has 0 saturated carbocycles. The largest absolute Gasteiger partial charge is 0.504 e. The number of carbonyl (C=O) groups is 1. The van der Waals surface area contributed by atoms with Crippen molar-refractivity contribution in [1.29, 1.82) is 0 Å². The Morgan fingerprint density at radius 1 is 1.50 bits per heavy atom. The van der Waals surface area contributed by atoms with Crippen molar-refractivity contribution >= 4 is 17.6 Å². The second-order valence-corrected chi connectivity index (χ2v) is 4.82. The first-order valence-corrected chi connectivity index (χ1v) is 6.32. The Balaban J connectivity index is 2.53. The molecule has 0 fully saturated rings. The van der Waals surface area contributed by atoms with E-state index in [9.17, 15) is 9.90 Å². The first-order chi connectivity index (χ1) is 8.69. The third kappa shape index (κ3) is 2.22. The standard InChI is InChI=1S/C13H13NO3S/c1-3-12-14-6-11(18-12)8-4-9(7-15)13(16)10(5-8)17-2/h4-7,16H,3H2,1-2H3. The molecule has 0 saturated heterocycles. The first-order valence-electron chi connectivity index (χ1n) is 5.50. The maximum absolute atomic E-state index is 10.9. The quantitative estimate of drug-likeness (QED) is 0.862. The van der Waals surface area contributed by atoms with Crippen LogP contribution < -0.4 is 4.74 Å². The summed E-state index contributed by atoms with van der Waals surface area (Å²) in [6.45, 7) is 2.04. The van der Waals surface area contributed by atoms with E-state index in [1.54, 1.807) is 29.7 Å². The highest BCUT2D eigenvalue weighted by molar-refractivity contribution is 7.15. The van der Waals surface area contributed by atoms with Crippen molar-refractivity contribution in [2.75, 3.05) is 7.11 Å². The summed E-state index contributed by atoms with van der Waals surface area (Å²) in [6.07, 6.45) is 3.26. The maximum atomic E-state index is 10.9. The van der Waals surface area contributed by atoms with E-state index in [-0.39, 0.29) is 11.3 Å². The zero-order valence-corrected chi connectivity index (χ0v) is 11.0. The summed E-state index contributed by atoms with van der Waals surface area (Å²) >= 11 is 1.57. The van der Waals surface area contributed by atoms with Gasteiger partial charge in [0.2, 0.25) is 0 Å². The van der Waals surface area contributed by atoms with Crippen molar-refractivity contribution < 1.29 is 14.6 Å². The van der Waals surface area contributed by atoms with E-state index in [4.69, 9.17) is 4.74 Å². The molecular formula is C13H13NO3S. The molecule has 0 bridgehead atoms. The van der Waals surface area contributed by atoms with Gasteiger partial charge < -0.3 is 9.84 Å². The van der Waals surface area contributed by atoms with Crippen molar-refractivity contribution in [2.24, 2.45) is 0 Å². The van der Waals surface area contributed by atoms with Gasteiger partial charge in [0.15, 0.2) is 17.8 Å². The van der Waals surface area contributed by atoms with Crippen LogP contribution in [0.2, 0.25) is 0 Å². The Labute approximate surface area is 109 Å². The van der Waals surface area contributed by atoms with Crippen LogP contribution in [-0.2, 0) is 6.42 Å². The smallest absolute Gasteiger partial charge is 0.168 e. The molecule has 2 aromatic rings. The van der Waals surface area contributed by atoms with Crippen molar-refractivity contribution in [3.8, 4) is 21.9 Å². The number of hydrogen-bond acceptors (Lipinski definition) is 5. The van der Waals surface area contributed by atoms with Gasteiger partial charge in [-0.2, -0.15) is 0 Å². The Morgan fingerprint density at radius 2 is 2.28 bits per heavy atom. The van der Waals surface area contributed by atoms with E-state index in [0.717, 1.165) is 21.9 Å². The van der Waals surface area contributed by atoms with Crippen LogP contribution in [0.15, 0.2) is 18.3 Å². The summed E-state index contributed by atoms with van der Waals surface area (Å²) in [5.41, 5.74) is 1.04. The van der Waals surface area contributed by atoms with Gasteiger partial charge >= 0.3 is 0 Å². The summed E-state index contributed by atoms with van der Waals surface area (Å²) in [6, 6.07) is 3.34. The normalized spacial score (nSPS) is 10.3. The lowest BCUT2D eigenvalue weighted by Crippen LogP contribution is -1.90. The molecule has 94 valence electrons. The van der Waals surface area contributed by atoms with Crippen LogP contribution >= 0.6 is 11.3 Å². The van der Waals surface area contributed by atoms with Crippen LogP contribution in [0.1, 0.15) is 22.3 Å². The fourth-order valence-corrected chi connectivity index (χ4v) is 2.47. The number of hydrogen-bond donors (Lipinski definition) is 1. The van der Waals surface area contributed by atoms with Crippen molar-refractivity contribution in [3.05, 3.63) is 28.9 Å². The molecule has 4 nitrogen and oxygen atoms in total. The van der Waals surface area contributed by atoms with Crippen molar-refractivity contribution in [2.45, 2.75) is 13.3 Å². The number of benzene rings is 1. The summed E-state index contributed by atoms with van der Waals surface area (Å²) in [4.78, 5) is 16.1. The van der Waals surface area contributed by atoms with Gasteiger partial charge in [-0.25, -0.2) is 4.98 Å². The van der Waals surface area contributed by atoms with Gasteiger partial charge in [0.1, 0.15) is 0 Å². The zero-order valence-electron chi connectivity index (χ0n) is 10.1. The summed E-state index contributed by atoms with van der Waals surface area (Å²) in [7, 11) is 1.46. The maximum Gasteiger partial charge on any atom is 0.168 e. The molecule has 0 aliphatic rings. The minimum absolute atomic E-state index is 0.128. The number of nitrogens with zero attached hydrogens (tertiary/aromatic N) is 1. The number of ether oxygens (including phenoxy) is 1. The van der Waals surface area contributed by atoms with E-state index < -0.39 is 0 Å². The monoisotopic (exact) mass is 263 g/mol. The topological polar surface area (TPSA) is 59.4 Å². The lowest BCUT2D eigenvalue weighted by molar-refractivity contribution is 0.112. The fourth-order valence-electron chi connectivity index (χ4n) is 1.62. The molecule has 0 spiro atoms. The summed E-state index contributed by atoms with van der Waals surface area (Å²) in [5, 5.41) is 10.8. The zero-order chi connectivity index (χ0) is 13.1. The van der Waals surface area contributed by atoms with Crippen molar-refractivity contribution in [3.63, 3.8) is 0 Å². The van der Waals surface area contributed by atoms with Crippen molar-refractivity contribution in [1.82, 2.24) is 4.98 Å². The number of thiazole rings is 1. The number of phenols is 1. The highest BCUT2D eigenvalue weighted by atomic mass is 32.1. The molecule has 2 rings (SSSR count). The highest BCUT2D eigenvalue weighted by Gasteiger charge is 2.12. The van der Waals surface area contributed by atoms with Gasteiger partial charge in [-0.05, 0) is 24.1 Å². The van der Waals surface area contributed by atoms with Gasteiger partial charge in [0.05, 0.1) is 22.6 Å². The molecule has 0 amide bonds. The minimum Gasteiger partial charge on any atom is -0.504 e. The SMILES string of the molecule is CCc1ncc(-c2cc(C=O)c(O)c(OC)c2)s1. The van der Waals surface area contributed by atoms with Crippen LogP contribution in [-0.4, -0.2) is 23.5 Å². The third-order valence-electron chi connectivity index (χ3n) is 2.59. The van der Waals surface area contributed by atoms with Gasteiger partial charge in [-0.3, -0.25) is 4.79 Å². The fraction of sp³-hybridized carbons (Fsp3) is 0.231. The Kier molecular flexibility index (Phi) is 3.62. The molecule has 1 aromatic carbocycles. The van der Waals surface area contributed by atoms with Gasteiger partial charge in [0.25, 0.3) is 0 Å². The minimum atomic E-state index is -0.128. The molecule has 1 aromatic heterocycles. The first kappa shape index (κ1) is 12.6. The van der Waals surface area contributed by atoms with E-state index >= 15 is 0 Å². The highest BCUT2D eigenvalue weighted by Crippen LogP contribution is 2.36. The number of aromatic nitrogens is 1. The van der Waals surface area contributed by atoms with Crippen LogP contribution in [0, 0.1) is 0 Å². The van der Waals surface area contributed by atoms with Gasteiger partial charge in [0, 0.05) is 6.20 Å². The van der Waals surface area contributed by atoms with Gasteiger partial charge in [-0.1, -0.05) is 6.92 Å². The molecule has 0 atom stereocenters. The van der Waals surface area contributed by atoms with E-state index in [1.165, 1.54) is 7.11 Å². The predicted molar refractivity (Wildman–Crippen MR) is 70.5 cm³/mol. The number of carbonyl (C=O) groups excluding carboxylic acids is 1. The lowest BCUT2D eigenvalue weighted by atomic mass is 10.1. The second kappa shape index (κ2) is 5.18. The molecule has 1 N–H and O–H groups in total. The lowest BCUT2D eigenvalue weighted by Gasteiger charge is -2.07. The molecule has 0 radical (unpaired) electrons. The van der Waals surface area contributed by atoms with Gasteiger partial charge in [-0.15, -0.1) is 11.3 Å². The Hall–Kier alpha value is -1.88. The molecule has 0 aliphatic heterocycles. The Bertz CT molecular complexity index is 578. The van der Waals surface area contributed by atoms with E-state index in [0.29, 0.717) is 12.0 Å². The molecular weight excluding hydrogens is 250 g/mol. The second-order valence-electron chi connectivity index (χ2n) is 3.71. The number of methoxy groups -OCH3 is 1. The van der Waals surface area contributed by atoms with Crippen LogP contribution in [0.5, 0.6) is 11.5 Å². The average Bonchev–Trinajstić information content (AvgIpc) is 2.88. The van der Waals surface area contributed by atoms with Crippen LogP contribution in [0.3, 0.4) is 0 Å². The number of aromatic hydroxyl groups is 1. The molecule has 5 heteroatoms. The number of aldehydes is 1. The van der Waals surface area contributed by atoms with Crippen LogP contribution in [0.4, 0.5) is 0 Å². The molecule has 1 heterocycles. The molecule has 18 heavy (non-hydrogen) atoms.